The number of benzene rings is 2. The fraction of sp³-hybridized carbons (Fsp3) is 0.440. The van der Waals surface area contributed by atoms with E-state index in [9.17, 15) is 14.0 Å². The van der Waals surface area contributed by atoms with E-state index in [1.807, 2.05) is 18.2 Å². The molecule has 0 aromatic heterocycles. The minimum absolute atomic E-state index is 0.0887. The second kappa shape index (κ2) is 9.79. The molecule has 0 bridgehead atoms. The van der Waals surface area contributed by atoms with Crippen molar-refractivity contribution in [3.63, 3.8) is 0 Å². The molecule has 0 radical (unpaired) electrons. The Bertz CT molecular complexity index is 972. The van der Waals surface area contributed by atoms with E-state index in [1.165, 1.54) is 16.5 Å². The Kier molecular flexibility index (Phi) is 6.86. The van der Waals surface area contributed by atoms with Gasteiger partial charge in [-0.3, -0.25) is 14.5 Å². The van der Waals surface area contributed by atoms with Crippen LogP contribution in [0.2, 0.25) is 0 Å². The number of hydrogen-bond donors (Lipinski definition) is 1. The van der Waals surface area contributed by atoms with Crippen LogP contribution in [0.5, 0.6) is 0 Å². The Labute approximate surface area is 188 Å². The average molecular weight is 440 g/mol. The predicted molar refractivity (Wildman–Crippen MR) is 120 cm³/mol. The van der Waals surface area contributed by atoms with E-state index in [4.69, 9.17) is 4.74 Å². The Morgan fingerprint density at radius 3 is 2.41 bits per heavy atom. The van der Waals surface area contributed by atoms with Crippen molar-refractivity contribution in [1.82, 2.24) is 10.2 Å². The Morgan fingerprint density at radius 1 is 1.03 bits per heavy atom. The van der Waals surface area contributed by atoms with Crippen LogP contribution in [0.1, 0.15) is 31.4 Å². The van der Waals surface area contributed by atoms with Crippen molar-refractivity contribution in [2.45, 2.75) is 45.6 Å². The molecule has 0 spiro atoms. The molecule has 3 atom stereocenters. The van der Waals surface area contributed by atoms with Crippen LogP contribution in [-0.2, 0) is 27.4 Å². The largest absolute Gasteiger partial charge is 0.373 e. The maximum atomic E-state index is 14.1. The summed E-state index contributed by atoms with van der Waals surface area (Å²) in [5.74, 6) is -1.36. The molecule has 4 rings (SSSR count). The minimum Gasteiger partial charge on any atom is -0.373 e. The summed E-state index contributed by atoms with van der Waals surface area (Å²) in [5.41, 5.74) is 2.46. The van der Waals surface area contributed by atoms with E-state index in [0.29, 0.717) is 6.54 Å². The molecule has 7 heteroatoms. The summed E-state index contributed by atoms with van der Waals surface area (Å²) < 4.78 is 19.9. The number of halogens is 1. The van der Waals surface area contributed by atoms with Gasteiger partial charge in [0, 0.05) is 39.1 Å². The number of hydrogen-bond acceptors (Lipinski definition) is 4. The lowest BCUT2D eigenvalue weighted by atomic mass is 10.0. The number of nitrogens with one attached hydrogen (secondary N) is 1. The van der Waals surface area contributed by atoms with Gasteiger partial charge in [-0.05, 0) is 37.1 Å². The van der Waals surface area contributed by atoms with Crippen molar-refractivity contribution in [2.24, 2.45) is 5.92 Å². The molecule has 2 heterocycles. The van der Waals surface area contributed by atoms with Crippen molar-refractivity contribution >= 4 is 17.5 Å². The average Bonchev–Trinajstić information content (AvgIpc) is 3.14. The molecule has 170 valence electrons. The highest BCUT2D eigenvalue weighted by Gasteiger charge is 2.36. The molecule has 2 saturated heterocycles. The van der Waals surface area contributed by atoms with Crippen LogP contribution in [0.25, 0.3) is 0 Å². The van der Waals surface area contributed by atoms with Gasteiger partial charge in [0.15, 0.2) is 0 Å². The summed E-state index contributed by atoms with van der Waals surface area (Å²) in [5, 5.41) is 2.99. The van der Waals surface area contributed by atoms with Crippen molar-refractivity contribution < 1.29 is 18.7 Å². The number of carbonyl (C=O) groups is 2. The van der Waals surface area contributed by atoms with E-state index in [0.717, 1.165) is 25.2 Å². The standard InChI is InChI=1S/C25H30FN3O3/c1-17-13-28(14-18(2)32-17)15-20-8-4-3-7-19(20)12-27-25(31)21-11-24(30)29(16-21)23-10-6-5-9-22(23)26/h3-10,17-18,21H,11-16H2,1-2H3,(H,27,31). The van der Waals surface area contributed by atoms with Gasteiger partial charge in [-0.15, -0.1) is 0 Å². The fourth-order valence-corrected chi connectivity index (χ4v) is 4.65. The second-order valence-corrected chi connectivity index (χ2v) is 8.79. The predicted octanol–water partition coefficient (Wildman–Crippen LogP) is 3.10. The Morgan fingerprint density at radius 2 is 1.69 bits per heavy atom. The number of para-hydroxylation sites is 1. The Hall–Kier alpha value is -2.77. The third kappa shape index (κ3) is 5.16. The molecule has 32 heavy (non-hydrogen) atoms. The summed E-state index contributed by atoms with van der Waals surface area (Å²) in [6.45, 7) is 7.31. The van der Waals surface area contributed by atoms with Gasteiger partial charge >= 0.3 is 0 Å². The van der Waals surface area contributed by atoms with Crippen LogP contribution in [0.4, 0.5) is 10.1 Å². The van der Waals surface area contributed by atoms with E-state index >= 15 is 0 Å². The molecule has 2 amide bonds. The summed E-state index contributed by atoms with van der Waals surface area (Å²) in [4.78, 5) is 29.0. The zero-order chi connectivity index (χ0) is 22.7. The molecule has 2 aliphatic rings. The molecule has 3 unspecified atom stereocenters. The normalized spacial score (nSPS) is 24.0. The first kappa shape index (κ1) is 22.4. The molecule has 6 nitrogen and oxygen atoms in total. The van der Waals surface area contributed by atoms with Crippen LogP contribution >= 0.6 is 0 Å². The number of anilines is 1. The lowest BCUT2D eigenvalue weighted by Gasteiger charge is -2.35. The van der Waals surface area contributed by atoms with Gasteiger partial charge in [-0.1, -0.05) is 36.4 Å². The molecule has 2 fully saturated rings. The summed E-state index contributed by atoms with van der Waals surface area (Å²) >= 11 is 0. The Balaban J connectivity index is 1.36. The SMILES string of the molecule is CC1CN(Cc2ccccc2CNC(=O)C2CC(=O)N(c3ccccc3F)C2)CC(C)O1. The molecule has 0 aliphatic carbocycles. The maximum Gasteiger partial charge on any atom is 0.227 e. The van der Waals surface area contributed by atoms with Crippen LogP contribution in [-0.4, -0.2) is 48.6 Å². The van der Waals surface area contributed by atoms with Gasteiger partial charge in [0.1, 0.15) is 5.82 Å². The quantitative estimate of drug-likeness (QED) is 0.752. The first-order valence-corrected chi connectivity index (χ1v) is 11.2. The molecule has 1 N–H and O–H groups in total. The number of carbonyl (C=O) groups excluding carboxylic acids is 2. The van der Waals surface area contributed by atoms with Gasteiger partial charge in [0.2, 0.25) is 11.8 Å². The van der Waals surface area contributed by atoms with E-state index in [1.54, 1.807) is 18.2 Å². The second-order valence-electron chi connectivity index (χ2n) is 8.79. The van der Waals surface area contributed by atoms with E-state index in [2.05, 4.69) is 30.1 Å². The van der Waals surface area contributed by atoms with E-state index < -0.39 is 11.7 Å². The molecular weight excluding hydrogens is 409 g/mol. The first-order valence-electron chi connectivity index (χ1n) is 11.2. The van der Waals surface area contributed by atoms with Crippen molar-refractivity contribution in [3.8, 4) is 0 Å². The lowest BCUT2D eigenvalue weighted by molar-refractivity contribution is -0.126. The van der Waals surface area contributed by atoms with Gasteiger partial charge < -0.3 is 15.0 Å². The van der Waals surface area contributed by atoms with Gasteiger partial charge in [-0.2, -0.15) is 0 Å². The highest BCUT2D eigenvalue weighted by atomic mass is 19.1. The summed E-state index contributed by atoms with van der Waals surface area (Å²) in [6, 6.07) is 14.2. The third-order valence-electron chi connectivity index (χ3n) is 6.10. The fourth-order valence-electron chi connectivity index (χ4n) is 4.65. The molecule has 2 aromatic carbocycles. The van der Waals surface area contributed by atoms with E-state index in [-0.39, 0.29) is 42.7 Å². The van der Waals surface area contributed by atoms with Gasteiger partial charge in [-0.25, -0.2) is 4.39 Å². The number of ether oxygens (including phenoxy) is 1. The number of morpholine rings is 1. The zero-order valence-corrected chi connectivity index (χ0v) is 18.6. The zero-order valence-electron chi connectivity index (χ0n) is 18.6. The smallest absolute Gasteiger partial charge is 0.227 e. The molecule has 2 aromatic rings. The van der Waals surface area contributed by atoms with Crippen LogP contribution in [0.3, 0.4) is 0 Å². The van der Waals surface area contributed by atoms with Gasteiger partial charge in [0.25, 0.3) is 0 Å². The lowest BCUT2D eigenvalue weighted by Crippen LogP contribution is -2.45. The number of amides is 2. The summed E-state index contributed by atoms with van der Waals surface area (Å²) in [6.07, 6.45) is 0.483. The highest BCUT2D eigenvalue weighted by Crippen LogP contribution is 2.27. The van der Waals surface area contributed by atoms with Crippen molar-refractivity contribution in [2.75, 3.05) is 24.5 Å². The molecule has 0 saturated carbocycles. The maximum absolute atomic E-state index is 14.1. The van der Waals surface area contributed by atoms with Crippen molar-refractivity contribution in [3.05, 3.63) is 65.5 Å². The van der Waals surface area contributed by atoms with Crippen LogP contribution in [0.15, 0.2) is 48.5 Å². The minimum atomic E-state index is -0.491. The van der Waals surface area contributed by atoms with Gasteiger partial charge in [0.05, 0.1) is 23.8 Å². The van der Waals surface area contributed by atoms with Crippen LogP contribution in [0, 0.1) is 11.7 Å². The van der Waals surface area contributed by atoms with Crippen molar-refractivity contribution in [1.29, 1.82) is 0 Å². The monoisotopic (exact) mass is 439 g/mol. The third-order valence-corrected chi connectivity index (χ3v) is 6.10. The molecule has 2 aliphatic heterocycles. The summed E-state index contributed by atoms with van der Waals surface area (Å²) in [7, 11) is 0. The number of rotatable bonds is 6. The topological polar surface area (TPSA) is 61.9 Å². The highest BCUT2D eigenvalue weighted by molar-refractivity contribution is 6.00. The van der Waals surface area contributed by atoms with Crippen LogP contribution < -0.4 is 10.2 Å². The first-order chi connectivity index (χ1) is 15.4. The molecular formula is C25H30FN3O3. The number of nitrogens with zero attached hydrogens (tertiary/aromatic N) is 2.